The molecule has 324 valence electrons. The highest BCUT2D eigenvalue weighted by Crippen LogP contribution is 2.42. The Labute approximate surface area is 357 Å². The van der Waals surface area contributed by atoms with Crippen LogP contribution in [0.25, 0.3) is 33.6 Å². The van der Waals surface area contributed by atoms with E-state index in [9.17, 15) is 19.2 Å². The molecule has 3 saturated heterocycles. The van der Waals surface area contributed by atoms with Crippen molar-refractivity contribution in [1.82, 2.24) is 35.4 Å². The van der Waals surface area contributed by atoms with Gasteiger partial charge in [0.15, 0.2) is 0 Å². The molecule has 4 aromatic rings. The number of benzene rings is 2. The first kappa shape index (κ1) is 42.1. The highest BCUT2D eigenvalue weighted by atomic mass is 16.5. The Morgan fingerprint density at radius 3 is 1.92 bits per heavy atom. The number of hydrogen-bond donors (Lipinski definition) is 4. The molecule has 3 aliphatic heterocycles. The third kappa shape index (κ3) is 8.77. The van der Waals surface area contributed by atoms with Gasteiger partial charge in [0.1, 0.15) is 17.9 Å². The number of amides is 4. The number of carbonyl (C=O) groups excluding carboxylic acids is 4. The Morgan fingerprint density at radius 1 is 0.705 bits per heavy atom. The fourth-order valence-electron chi connectivity index (χ4n) is 9.94. The summed E-state index contributed by atoms with van der Waals surface area (Å²) in [4.78, 5) is 68.2. The minimum atomic E-state index is -0.686. The van der Waals surface area contributed by atoms with Crippen molar-refractivity contribution in [2.45, 2.75) is 102 Å². The minimum Gasteiger partial charge on any atom is -0.453 e. The van der Waals surface area contributed by atoms with Crippen LogP contribution in [0.4, 0.5) is 9.59 Å². The molecular weight excluding hydrogens is 775 g/mol. The van der Waals surface area contributed by atoms with Gasteiger partial charge >= 0.3 is 12.2 Å². The van der Waals surface area contributed by atoms with E-state index in [4.69, 9.17) is 19.2 Å². The number of alkyl carbamates (subject to hydrolysis) is 2. The van der Waals surface area contributed by atoms with Crippen molar-refractivity contribution < 1.29 is 33.4 Å². The quantitative estimate of drug-likeness (QED) is 0.121. The molecule has 0 spiro atoms. The highest BCUT2D eigenvalue weighted by molar-refractivity contribution is 5.87. The lowest BCUT2D eigenvalue weighted by Crippen LogP contribution is -2.53. The highest BCUT2D eigenvalue weighted by Gasteiger charge is 2.41. The number of aromatic nitrogens is 3. The monoisotopic (exact) mass is 833 g/mol. The van der Waals surface area contributed by atoms with E-state index in [0.717, 1.165) is 109 Å². The fraction of sp³-hybridized carbons (Fsp3) is 0.511. The predicted octanol–water partition coefficient (Wildman–Crippen LogP) is 7.48. The molecule has 61 heavy (non-hydrogen) atoms. The van der Waals surface area contributed by atoms with Crippen molar-refractivity contribution in [3.05, 3.63) is 77.4 Å². The number of carbonyl (C=O) groups is 4. The average molecular weight is 834 g/mol. The molecule has 14 nitrogen and oxygen atoms in total. The molecule has 1 aliphatic carbocycles. The van der Waals surface area contributed by atoms with Crippen LogP contribution in [0.2, 0.25) is 0 Å². The van der Waals surface area contributed by atoms with Crippen LogP contribution >= 0.6 is 0 Å². The maximum atomic E-state index is 14.3. The number of likely N-dealkylation sites (tertiary alicyclic amines) is 2. The Kier molecular flexibility index (Phi) is 12.8. The van der Waals surface area contributed by atoms with E-state index >= 15 is 0 Å². The molecule has 4 aliphatic rings. The van der Waals surface area contributed by atoms with E-state index in [1.807, 2.05) is 29.8 Å². The molecule has 0 radical (unpaired) electrons. The van der Waals surface area contributed by atoms with Gasteiger partial charge in [-0.2, -0.15) is 0 Å². The van der Waals surface area contributed by atoms with Crippen LogP contribution in [0.15, 0.2) is 54.7 Å². The summed E-state index contributed by atoms with van der Waals surface area (Å²) in [6.07, 6.45) is 9.71. The Morgan fingerprint density at radius 2 is 1.28 bits per heavy atom. The molecular formula is C47H59N7O7. The van der Waals surface area contributed by atoms with Gasteiger partial charge in [-0.1, -0.05) is 62.4 Å². The zero-order chi connectivity index (χ0) is 42.6. The van der Waals surface area contributed by atoms with Crippen molar-refractivity contribution >= 4 is 24.0 Å². The third-order valence-electron chi connectivity index (χ3n) is 13.2. The number of ether oxygens (including phenoxy) is 3. The van der Waals surface area contributed by atoms with Crippen molar-refractivity contribution in [2.24, 2.45) is 11.8 Å². The van der Waals surface area contributed by atoms with Crippen LogP contribution < -0.4 is 10.6 Å². The van der Waals surface area contributed by atoms with Crippen molar-refractivity contribution in [1.29, 1.82) is 0 Å². The SMILES string of the molecule is COC(=O)NC(C(=O)N1CCCC1c1[nH]c(-c2ccc(-c3ccc(-c4cnc([C@@H]5CCCN5C(=O)[C@@H](NC(=O)OC)C(C)C)[nH]4)cc3)cc2)c2c1CCCC2)C1CCOCC1. The summed E-state index contributed by atoms with van der Waals surface area (Å²) in [7, 11) is 2.63. The van der Waals surface area contributed by atoms with Crippen molar-refractivity contribution in [2.75, 3.05) is 40.5 Å². The summed E-state index contributed by atoms with van der Waals surface area (Å²) in [6, 6.07) is 15.5. The first-order chi connectivity index (χ1) is 29.6. The number of methoxy groups -OCH3 is 2. The number of nitrogens with one attached hydrogen (secondary N) is 4. The van der Waals surface area contributed by atoms with Gasteiger partial charge in [-0.25, -0.2) is 14.6 Å². The molecule has 4 N–H and O–H groups in total. The Bertz CT molecular complexity index is 2190. The summed E-state index contributed by atoms with van der Waals surface area (Å²) in [5.41, 5.74) is 10.2. The smallest absolute Gasteiger partial charge is 0.407 e. The van der Waals surface area contributed by atoms with Crippen molar-refractivity contribution in [3.8, 4) is 33.6 Å². The Balaban J connectivity index is 0.976. The van der Waals surface area contributed by atoms with Crippen LogP contribution in [0.5, 0.6) is 0 Å². The molecule has 2 unspecified atom stereocenters. The first-order valence-corrected chi connectivity index (χ1v) is 22.0. The molecule has 3 fully saturated rings. The summed E-state index contributed by atoms with van der Waals surface area (Å²) < 4.78 is 15.3. The van der Waals surface area contributed by atoms with Gasteiger partial charge in [0.25, 0.3) is 0 Å². The van der Waals surface area contributed by atoms with Gasteiger partial charge in [0.05, 0.1) is 38.2 Å². The summed E-state index contributed by atoms with van der Waals surface area (Å²) in [5.74, 6) is 0.456. The molecule has 0 saturated carbocycles. The van der Waals surface area contributed by atoms with Crippen molar-refractivity contribution in [3.63, 3.8) is 0 Å². The van der Waals surface area contributed by atoms with Gasteiger partial charge in [0.2, 0.25) is 11.8 Å². The summed E-state index contributed by atoms with van der Waals surface area (Å²) in [5, 5.41) is 5.60. The maximum absolute atomic E-state index is 14.3. The molecule has 0 bridgehead atoms. The number of fused-ring (bicyclic) bond motifs is 1. The van der Waals surface area contributed by atoms with E-state index in [1.165, 1.54) is 25.3 Å². The van der Waals surface area contributed by atoms with Crippen LogP contribution in [0, 0.1) is 11.8 Å². The zero-order valence-electron chi connectivity index (χ0n) is 35.8. The topological polar surface area (TPSA) is 171 Å². The number of rotatable bonds is 11. The zero-order valence-corrected chi connectivity index (χ0v) is 35.8. The van der Waals surface area contributed by atoms with Crippen LogP contribution in [-0.2, 0) is 36.6 Å². The van der Waals surface area contributed by atoms with Gasteiger partial charge in [-0.15, -0.1) is 0 Å². The third-order valence-corrected chi connectivity index (χ3v) is 13.2. The number of nitrogens with zero attached hydrogens (tertiary/aromatic N) is 3. The molecule has 8 rings (SSSR count). The number of H-pyrrole nitrogens is 2. The standard InChI is InChI=1S/C47H59N7O7/c1-28(2)39(51-46(57)59-3)44(55)54-24-8-12-38(54)43-48-27-36(49-43)31-17-13-29(14-18-31)30-15-19-32(20-16-30)40-34-9-5-6-10-35(34)42(50-40)37-11-7-23-53(37)45(56)41(52-47(58)60-4)33-21-25-61-26-22-33/h13-20,27-28,33,37-39,41,50H,5-12,21-26H2,1-4H3,(H,48,49)(H,51,57)(H,52,58)/t37?,38-,39-,41?/m0/s1. The first-order valence-electron chi connectivity index (χ1n) is 22.0. The lowest BCUT2D eigenvalue weighted by atomic mass is 9.88. The van der Waals surface area contributed by atoms with E-state index in [1.54, 1.807) is 0 Å². The van der Waals surface area contributed by atoms with Crippen LogP contribution in [0.3, 0.4) is 0 Å². The van der Waals surface area contributed by atoms with E-state index < -0.39 is 24.3 Å². The number of aromatic amines is 2. The van der Waals surface area contributed by atoms with Gasteiger partial charge in [-0.05, 0) is 109 Å². The van der Waals surface area contributed by atoms with Gasteiger partial charge in [-0.3, -0.25) is 9.59 Å². The molecule has 4 atom stereocenters. The minimum absolute atomic E-state index is 0.00255. The molecule has 4 amide bonds. The molecule has 2 aromatic heterocycles. The molecule has 5 heterocycles. The molecule has 2 aromatic carbocycles. The number of imidazole rings is 1. The second-order valence-corrected chi connectivity index (χ2v) is 17.2. The van der Waals surface area contributed by atoms with Gasteiger partial charge < -0.3 is 44.6 Å². The second-order valence-electron chi connectivity index (χ2n) is 17.2. The number of hydrogen-bond acceptors (Lipinski definition) is 8. The van der Waals surface area contributed by atoms with Crippen LogP contribution in [0.1, 0.15) is 99.9 Å². The lowest BCUT2D eigenvalue weighted by molar-refractivity contribution is -0.137. The normalized spacial score (nSPS) is 20.3. The van der Waals surface area contributed by atoms with E-state index in [-0.39, 0.29) is 35.7 Å². The second kappa shape index (κ2) is 18.6. The van der Waals surface area contributed by atoms with E-state index in [2.05, 4.69) is 69.1 Å². The summed E-state index contributed by atoms with van der Waals surface area (Å²) in [6.45, 7) is 6.23. The Hall–Kier alpha value is -5.63. The predicted molar refractivity (Wildman–Crippen MR) is 230 cm³/mol. The van der Waals surface area contributed by atoms with Gasteiger partial charge in [0, 0.05) is 37.7 Å². The average Bonchev–Trinajstić information content (AvgIpc) is 4.14. The summed E-state index contributed by atoms with van der Waals surface area (Å²) >= 11 is 0. The maximum Gasteiger partial charge on any atom is 0.407 e. The lowest BCUT2D eigenvalue weighted by Gasteiger charge is -2.34. The van der Waals surface area contributed by atoms with E-state index in [0.29, 0.717) is 26.3 Å². The van der Waals surface area contributed by atoms with Crippen LogP contribution in [-0.4, -0.2) is 101 Å². The molecule has 14 heteroatoms. The largest absolute Gasteiger partial charge is 0.453 e. The fourth-order valence-corrected chi connectivity index (χ4v) is 9.94.